The highest BCUT2D eigenvalue weighted by molar-refractivity contribution is 9.11. The van der Waals surface area contributed by atoms with Crippen molar-refractivity contribution in [2.75, 3.05) is 5.32 Å². The maximum Gasteiger partial charge on any atom is 0.322 e. The third kappa shape index (κ3) is 5.19. The van der Waals surface area contributed by atoms with Crippen molar-refractivity contribution < 1.29 is 4.79 Å². The van der Waals surface area contributed by atoms with Gasteiger partial charge in [0.1, 0.15) is 0 Å². The molecular formula is C21H18Br2N2O. The van der Waals surface area contributed by atoms with E-state index in [0.29, 0.717) is 13.1 Å². The zero-order valence-corrected chi connectivity index (χ0v) is 17.2. The second-order valence-electron chi connectivity index (χ2n) is 5.88. The van der Waals surface area contributed by atoms with Crippen molar-refractivity contribution >= 4 is 43.6 Å². The minimum absolute atomic E-state index is 0.138. The van der Waals surface area contributed by atoms with Crippen LogP contribution in [0.5, 0.6) is 0 Å². The molecule has 0 radical (unpaired) electrons. The SMILES string of the molecule is O=C(Nc1ccc(Br)cc1Br)N(Cc1ccccc1)Cc1ccccc1. The number of carbonyl (C=O) groups is 1. The molecule has 3 aromatic rings. The van der Waals surface area contributed by atoms with Gasteiger partial charge in [-0.3, -0.25) is 0 Å². The molecule has 0 aliphatic heterocycles. The van der Waals surface area contributed by atoms with Crippen molar-refractivity contribution in [1.82, 2.24) is 4.90 Å². The molecule has 0 atom stereocenters. The van der Waals surface area contributed by atoms with Crippen LogP contribution in [0.1, 0.15) is 11.1 Å². The van der Waals surface area contributed by atoms with Crippen molar-refractivity contribution in [3.63, 3.8) is 0 Å². The molecule has 5 heteroatoms. The Bertz CT molecular complexity index is 828. The summed E-state index contributed by atoms with van der Waals surface area (Å²) >= 11 is 6.92. The molecule has 0 fully saturated rings. The second kappa shape index (κ2) is 9.01. The Morgan fingerprint density at radius 1 is 0.808 bits per heavy atom. The van der Waals surface area contributed by atoms with Gasteiger partial charge in [0.2, 0.25) is 0 Å². The minimum atomic E-state index is -0.138. The van der Waals surface area contributed by atoms with E-state index in [2.05, 4.69) is 37.2 Å². The molecule has 0 aliphatic rings. The Morgan fingerprint density at radius 3 is 1.85 bits per heavy atom. The van der Waals surface area contributed by atoms with Crippen LogP contribution in [0.25, 0.3) is 0 Å². The van der Waals surface area contributed by atoms with E-state index in [9.17, 15) is 4.79 Å². The Labute approximate surface area is 170 Å². The second-order valence-corrected chi connectivity index (χ2v) is 7.65. The number of benzene rings is 3. The zero-order valence-electron chi connectivity index (χ0n) is 14.0. The van der Waals surface area contributed by atoms with Gasteiger partial charge in [0.15, 0.2) is 0 Å². The van der Waals surface area contributed by atoms with Gasteiger partial charge < -0.3 is 10.2 Å². The fourth-order valence-electron chi connectivity index (χ4n) is 2.59. The molecular weight excluding hydrogens is 456 g/mol. The lowest BCUT2D eigenvalue weighted by molar-refractivity contribution is 0.206. The minimum Gasteiger partial charge on any atom is -0.316 e. The summed E-state index contributed by atoms with van der Waals surface area (Å²) in [6.07, 6.45) is 0. The molecule has 1 N–H and O–H groups in total. The van der Waals surface area contributed by atoms with Gasteiger partial charge in [-0.05, 0) is 45.3 Å². The van der Waals surface area contributed by atoms with E-state index in [0.717, 1.165) is 25.8 Å². The van der Waals surface area contributed by atoms with Gasteiger partial charge in [0.25, 0.3) is 0 Å². The molecule has 0 saturated heterocycles. The third-order valence-electron chi connectivity index (χ3n) is 3.89. The summed E-state index contributed by atoms with van der Waals surface area (Å²) in [6.45, 7) is 1.07. The Balaban J connectivity index is 1.80. The summed E-state index contributed by atoms with van der Waals surface area (Å²) in [5, 5.41) is 3.00. The number of carbonyl (C=O) groups excluding carboxylic acids is 1. The largest absolute Gasteiger partial charge is 0.322 e. The Morgan fingerprint density at radius 2 is 1.35 bits per heavy atom. The standard InChI is InChI=1S/C21H18Br2N2O/c22-18-11-12-20(19(23)13-18)24-21(26)25(14-16-7-3-1-4-8-16)15-17-9-5-2-6-10-17/h1-13H,14-15H2,(H,24,26). The first-order valence-electron chi connectivity index (χ1n) is 8.20. The summed E-state index contributed by atoms with van der Waals surface area (Å²) in [5.74, 6) is 0. The van der Waals surface area contributed by atoms with Gasteiger partial charge in [-0.25, -0.2) is 4.79 Å². The van der Waals surface area contributed by atoms with Gasteiger partial charge in [0.05, 0.1) is 5.69 Å². The van der Waals surface area contributed by atoms with Crippen LogP contribution in [0.3, 0.4) is 0 Å². The van der Waals surface area contributed by atoms with Crippen LogP contribution in [0.4, 0.5) is 10.5 Å². The maximum atomic E-state index is 12.9. The Kier molecular flexibility index (Phi) is 6.47. The topological polar surface area (TPSA) is 32.3 Å². The summed E-state index contributed by atoms with van der Waals surface area (Å²) in [6, 6.07) is 25.6. The molecule has 3 nitrogen and oxygen atoms in total. The fraction of sp³-hybridized carbons (Fsp3) is 0.0952. The monoisotopic (exact) mass is 472 g/mol. The lowest BCUT2D eigenvalue weighted by atomic mass is 10.2. The van der Waals surface area contributed by atoms with Crippen LogP contribution in [0.2, 0.25) is 0 Å². The number of hydrogen-bond donors (Lipinski definition) is 1. The van der Waals surface area contributed by atoms with Crippen molar-refractivity contribution in [2.24, 2.45) is 0 Å². The van der Waals surface area contributed by atoms with Crippen molar-refractivity contribution in [1.29, 1.82) is 0 Å². The lowest BCUT2D eigenvalue weighted by Gasteiger charge is -2.24. The van der Waals surface area contributed by atoms with E-state index >= 15 is 0 Å². The molecule has 3 aromatic carbocycles. The average molecular weight is 474 g/mol. The molecule has 26 heavy (non-hydrogen) atoms. The average Bonchev–Trinajstić information content (AvgIpc) is 2.65. The number of urea groups is 1. The van der Waals surface area contributed by atoms with E-state index in [1.165, 1.54) is 0 Å². The van der Waals surface area contributed by atoms with Gasteiger partial charge in [-0.15, -0.1) is 0 Å². The number of anilines is 1. The normalized spacial score (nSPS) is 10.4. The number of nitrogens with one attached hydrogen (secondary N) is 1. The van der Waals surface area contributed by atoms with Crippen LogP contribution < -0.4 is 5.32 Å². The molecule has 0 aliphatic carbocycles. The first kappa shape index (κ1) is 18.7. The first-order chi connectivity index (χ1) is 12.6. The highest BCUT2D eigenvalue weighted by atomic mass is 79.9. The quantitative estimate of drug-likeness (QED) is 0.453. The van der Waals surface area contributed by atoms with Crippen LogP contribution in [-0.2, 0) is 13.1 Å². The number of rotatable bonds is 5. The Hall–Kier alpha value is -2.11. The molecule has 0 spiro atoms. The van der Waals surface area contributed by atoms with Crippen molar-refractivity contribution in [3.05, 3.63) is 98.9 Å². The van der Waals surface area contributed by atoms with Crippen LogP contribution in [-0.4, -0.2) is 10.9 Å². The van der Waals surface area contributed by atoms with E-state index in [1.54, 1.807) is 4.90 Å². The molecule has 0 unspecified atom stereocenters. The van der Waals surface area contributed by atoms with E-state index in [1.807, 2.05) is 78.9 Å². The molecule has 2 amide bonds. The summed E-state index contributed by atoms with van der Waals surface area (Å²) in [4.78, 5) is 14.7. The van der Waals surface area contributed by atoms with E-state index in [-0.39, 0.29) is 6.03 Å². The van der Waals surface area contributed by atoms with Crippen LogP contribution in [0.15, 0.2) is 87.8 Å². The zero-order chi connectivity index (χ0) is 18.4. The van der Waals surface area contributed by atoms with Gasteiger partial charge in [0, 0.05) is 22.0 Å². The number of amides is 2. The van der Waals surface area contributed by atoms with E-state index < -0.39 is 0 Å². The molecule has 132 valence electrons. The van der Waals surface area contributed by atoms with Crippen molar-refractivity contribution in [2.45, 2.75) is 13.1 Å². The third-order valence-corrected chi connectivity index (χ3v) is 5.04. The summed E-state index contributed by atoms with van der Waals surface area (Å²) in [5.41, 5.74) is 2.92. The van der Waals surface area contributed by atoms with Crippen LogP contribution >= 0.6 is 31.9 Å². The first-order valence-corrected chi connectivity index (χ1v) is 9.79. The van der Waals surface area contributed by atoms with Gasteiger partial charge in [-0.2, -0.15) is 0 Å². The maximum absolute atomic E-state index is 12.9. The van der Waals surface area contributed by atoms with Gasteiger partial charge in [-0.1, -0.05) is 76.6 Å². The smallest absolute Gasteiger partial charge is 0.316 e. The summed E-state index contributed by atoms with van der Waals surface area (Å²) < 4.78 is 1.78. The highest BCUT2D eigenvalue weighted by Crippen LogP contribution is 2.26. The molecule has 3 rings (SSSR count). The van der Waals surface area contributed by atoms with E-state index in [4.69, 9.17) is 0 Å². The fourth-order valence-corrected chi connectivity index (χ4v) is 3.74. The molecule has 0 heterocycles. The lowest BCUT2D eigenvalue weighted by Crippen LogP contribution is -2.34. The highest BCUT2D eigenvalue weighted by Gasteiger charge is 2.16. The van der Waals surface area contributed by atoms with Crippen molar-refractivity contribution in [3.8, 4) is 0 Å². The van der Waals surface area contributed by atoms with Gasteiger partial charge >= 0.3 is 6.03 Å². The molecule has 0 saturated carbocycles. The number of nitrogens with zero attached hydrogens (tertiary/aromatic N) is 1. The molecule has 0 bridgehead atoms. The predicted molar refractivity (Wildman–Crippen MR) is 113 cm³/mol. The molecule has 0 aromatic heterocycles. The summed E-state index contributed by atoms with van der Waals surface area (Å²) in [7, 11) is 0. The van der Waals surface area contributed by atoms with Crippen LogP contribution in [0, 0.1) is 0 Å². The number of hydrogen-bond acceptors (Lipinski definition) is 1. The predicted octanol–water partition coefficient (Wildman–Crippen LogP) is 6.45. The number of halogens is 2.